The van der Waals surface area contributed by atoms with E-state index in [1.165, 1.54) is 19.3 Å². The lowest BCUT2D eigenvalue weighted by atomic mass is 9.95. The van der Waals surface area contributed by atoms with Crippen LogP contribution >= 0.6 is 0 Å². The number of nitrogens with zero attached hydrogens (tertiary/aromatic N) is 5. The second kappa shape index (κ2) is 8.64. The fourth-order valence-electron chi connectivity index (χ4n) is 4.74. The van der Waals surface area contributed by atoms with E-state index in [1.54, 1.807) is 0 Å². The zero-order valence-electron chi connectivity index (χ0n) is 17.4. The van der Waals surface area contributed by atoms with Crippen molar-refractivity contribution < 1.29 is 4.79 Å². The van der Waals surface area contributed by atoms with E-state index < -0.39 is 0 Å². The van der Waals surface area contributed by atoms with E-state index in [0.29, 0.717) is 12.6 Å². The van der Waals surface area contributed by atoms with Crippen LogP contribution in [0.15, 0.2) is 0 Å². The van der Waals surface area contributed by atoms with Crippen molar-refractivity contribution in [2.24, 2.45) is 0 Å². The van der Waals surface area contributed by atoms with Crippen LogP contribution in [0.25, 0.3) is 0 Å². The summed E-state index contributed by atoms with van der Waals surface area (Å²) in [7, 11) is 0. The first kappa shape index (κ1) is 19.4. The maximum atomic E-state index is 12.9. The Morgan fingerprint density at radius 3 is 2.54 bits per heavy atom. The number of carbonyl (C=O) groups excluding carboxylic acids is 1. The lowest BCUT2D eigenvalue weighted by molar-refractivity contribution is 0.184. The van der Waals surface area contributed by atoms with Crippen LogP contribution < -0.4 is 10.2 Å². The molecule has 1 aliphatic carbocycles. The molecule has 2 aliphatic heterocycles. The molecule has 2 fully saturated rings. The number of nitrogens with one attached hydrogen (secondary N) is 1. The molecular weight excluding hydrogens is 352 g/mol. The van der Waals surface area contributed by atoms with Crippen LogP contribution in [-0.2, 0) is 13.0 Å². The van der Waals surface area contributed by atoms with Gasteiger partial charge in [-0.15, -0.1) is 0 Å². The van der Waals surface area contributed by atoms with E-state index in [2.05, 4.69) is 22.0 Å². The Hall–Kier alpha value is -1.89. The first-order valence-electron chi connectivity index (χ1n) is 11.0. The van der Waals surface area contributed by atoms with Crippen molar-refractivity contribution in [3.8, 4) is 0 Å². The van der Waals surface area contributed by atoms with Gasteiger partial charge in [0.2, 0.25) is 0 Å². The van der Waals surface area contributed by atoms with Gasteiger partial charge in [-0.3, -0.25) is 0 Å². The number of piperazine rings is 1. The fraction of sp³-hybridized carbons (Fsp3) is 0.762. The van der Waals surface area contributed by atoms with Gasteiger partial charge < -0.3 is 20.0 Å². The lowest BCUT2D eigenvalue weighted by Gasteiger charge is -2.38. The van der Waals surface area contributed by atoms with Crippen molar-refractivity contribution in [3.63, 3.8) is 0 Å². The van der Waals surface area contributed by atoms with Gasteiger partial charge in [-0.1, -0.05) is 26.2 Å². The molecule has 1 aromatic heterocycles. The highest BCUT2D eigenvalue weighted by atomic mass is 16.2. The number of likely N-dealkylation sites (N-methyl/N-ethyl adjacent to an activating group) is 1. The SMILES string of the molecule is CCN1CCN(c2nc(C)nc3c2CN(C(=O)NC2CCCCC2)CC3)CC1. The van der Waals surface area contributed by atoms with Crippen LogP contribution in [0.2, 0.25) is 0 Å². The molecule has 3 aliphatic rings. The standard InChI is InChI=1S/C21H34N6O/c1-3-25-11-13-26(14-12-25)20-18-15-27(10-9-19(18)22-16(2)23-20)21(28)24-17-7-5-4-6-8-17/h17H,3-15H2,1-2H3,(H,24,28). The minimum Gasteiger partial charge on any atom is -0.354 e. The molecule has 0 bridgehead atoms. The van der Waals surface area contributed by atoms with Gasteiger partial charge in [-0.05, 0) is 26.3 Å². The topological polar surface area (TPSA) is 64.6 Å². The van der Waals surface area contributed by atoms with Crippen molar-refractivity contribution >= 4 is 11.8 Å². The van der Waals surface area contributed by atoms with Crippen molar-refractivity contribution in [3.05, 3.63) is 17.1 Å². The molecule has 7 nitrogen and oxygen atoms in total. The number of carbonyl (C=O) groups is 1. The Morgan fingerprint density at radius 2 is 1.82 bits per heavy atom. The molecule has 0 atom stereocenters. The summed E-state index contributed by atoms with van der Waals surface area (Å²) in [6.07, 6.45) is 6.81. The summed E-state index contributed by atoms with van der Waals surface area (Å²) in [6.45, 7) is 10.8. The number of urea groups is 1. The van der Waals surface area contributed by atoms with Crippen molar-refractivity contribution in [2.75, 3.05) is 44.2 Å². The average Bonchev–Trinajstić information content (AvgIpc) is 2.73. The Labute approximate surface area is 168 Å². The van der Waals surface area contributed by atoms with Gasteiger partial charge in [0, 0.05) is 50.7 Å². The number of fused-ring (bicyclic) bond motifs is 1. The summed E-state index contributed by atoms with van der Waals surface area (Å²) in [4.78, 5) is 29.2. The zero-order chi connectivity index (χ0) is 19.5. The van der Waals surface area contributed by atoms with Crippen molar-refractivity contribution in [2.45, 2.75) is 65.0 Å². The molecule has 4 rings (SSSR count). The van der Waals surface area contributed by atoms with Gasteiger partial charge in [-0.2, -0.15) is 0 Å². The Balaban J connectivity index is 1.48. The molecule has 28 heavy (non-hydrogen) atoms. The number of hydrogen-bond acceptors (Lipinski definition) is 5. The molecular formula is C21H34N6O. The first-order valence-corrected chi connectivity index (χ1v) is 11.0. The summed E-state index contributed by atoms with van der Waals surface area (Å²) >= 11 is 0. The first-order chi connectivity index (χ1) is 13.6. The minimum absolute atomic E-state index is 0.0832. The Bertz CT molecular complexity index is 694. The number of aryl methyl sites for hydroxylation is 1. The quantitative estimate of drug-likeness (QED) is 0.864. The van der Waals surface area contributed by atoms with Crippen LogP contribution in [-0.4, -0.2) is 71.1 Å². The fourth-order valence-corrected chi connectivity index (χ4v) is 4.74. The average molecular weight is 387 g/mol. The highest BCUT2D eigenvalue weighted by Crippen LogP contribution is 2.28. The second-order valence-electron chi connectivity index (χ2n) is 8.40. The normalized spacial score (nSPS) is 21.5. The predicted molar refractivity (Wildman–Crippen MR) is 111 cm³/mol. The third-order valence-corrected chi connectivity index (χ3v) is 6.49. The van der Waals surface area contributed by atoms with E-state index in [4.69, 9.17) is 9.97 Å². The summed E-state index contributed by atoms with van der Waals surface area (Å²) in [6, 6.07) is 0.429. The van der Waals surface area contributed by atoms with Crippen molar-refractivity contribution in [1.82, 2.24) is 25.1 Å². The number of amides is 2. The molecule has 0 unspecified atom stereocenters. The van der Waals surface area contributed by atoms with Crippen LogP contribution in [0.1, 0.15) is 56.1 Å². The highest BCUT2D eigenvalue weighted by molar-refractivity contribution is 5.75. The summed E-state index contributed by atoms with van der Waals surface area (Å²) in [5.41, 5.74) is 2.28. The molecule has 1 saturated carbocycles. The van der Waals surface area contributed by atoms with Crippen LogP contribution in [0.4, 0.5) is 10.6 Å². The molecule has 1 aromatic rings. The molecule has 0 spiro atoms. The van der Waals surface area contributed by atoms with Crippen LogP contribution in [0.3, 0.4) is 0 Å². The number of anilines is 1. The molecule has 154 valence electrons. The van der Waals surface area contributed by atoms with E-state index in [1.807, 2.05) is 11.8 Å². The predicted octanol–water partition coefficient (Wildman–Crippen LogP) is 2.33. The molecule has 0 aromatic carbocycles. The van der Waals surface area contributed by atoms with E-state index in [-0.39, 0.29) is 6.03 Å². The second-order valence-corrected chi connectivity index (χ2v) is 8.40. The van der Waals surface area contributed by atoms with Gasteiger partial charge >= 0.3 is 6.03 Å². The van der Waals surface area contributed by atoms with Crippen molar-refractivity contribution in [1.29, 1.82) is 0 Å². The van der Waals surface area contributed by atoms with Gasteiger partial charge in [0.05, 0.1) is 12.2 Å². The summed E-state index contributed by atoms with van der Waals surface area (Å²) in [5, 5.41) is 3.27. The van der Waals surface area contributed by atoms with Gasteiger partial charge in [-0.25, -0.2) is 14.8 Å². The number of rotatable bonds is 3. The molecule has 0 radical (unpaired) electrons. The molecule has 1 N–H and O–H groups in total. The third kappa shape index (κ3) is 4.24. The zero-order valence-corrected chi connectivity index (χ0v) is 17.4. The molecule has 3 heterocycles. The summed E-state index contributed by atoms with van der Waals surface area (Å²) < 4.78 is 0. The molecule has 2 amide bonds. The Kier molecular flexibility index (Phi) is 5.99. The Morgan fingerprint density at radius 1 is 1.07 bits per heavy atom. The summed E-state index contributed by atoms with van der Waals surface area (Å²) in [5.74, 6) is 1.89. The van der Waals surface area contributed by atoms with Gasteiger partial charge in [0.25, 0.3) is 0 Å². The lowest BCUT2D eigenvalue weighted by Crippen LogP contribution is -2.49. The number of hydrogen-bond donors (Lipinski definition) is 1. The maximum Gasteiger partial charge on any atom is 0.317 e. The van der Waals surface area contributed by atoms with Crippen LogP contribution in [0, 0.1) is 6.92 Å². The third-order valence-electron chi connectivity index (χ3n) is 6.49. The van der Waals surface area contributed by atoms with Gasteiger partial charge in [0.1, 0.15) is 11.6 Å². The highest BCUT2D eigenvalue weighted by Gasteiger charge is 2.29. The monoisotopic (exact) mass is 386 g/mol. The minimum atomic E-state index is 0.0832. The van der Waals surface area contributed by atoms with E-state index >= 15 is 0 Å². The van der Waals surface area contributed by atoms with E-state index in [9.17, 15) is 4.79 Å². The van der Waals surface area contributed by atoms with Gasteiger partial charge in [0.15, 0.2) is 0 Å². The maximum absolute atomic E-state index is 12.9. The smallest absolute Gasteiger partial charge is 0.317 e. The number of aromatic nitrogens is 2. The van der Waals surface area contributed by atoms with E-state index in [0.717, 1.165) is 81.4 Å². The molecule has 7 heteroatoms. The molecule has 1 saturated heterocycles. The largest absolute Gasteiger partial charge is 0.354 e. The van der Waals surface area contributed by atoms with Crippen LogP contribution in [0.5, 0.6) is 0 Å².